The summed E-state index contributed by atoms with van der Waals surface area (Å²) < 4.78 is 26.0. The van der Waals surface area contributed by atoms with Crippen molar-refractivity contribution in [2.24, 2.45) is 0 Å². The van der Waals surface area contributed by atoms with E-state index in [4.69, 9.17) is 9.47 Å². The molecule has 0 heterocycles. The Morgan fingerprint density at radius 1 is 0.774 bits per heavy atom. The van der Waals surface area contributed by atoms with Crippen molar-refractivity contribution in [3.8, 4) is 39.5 Å². The van der Waals surface area contributed by atoms with E-state index < -0.39 is 5.82 Å². The Hall–Kier alpha value is -3.79. The van der Waals surface area contributed by atoms with E-state index in [2.05, 4.69) is 0 Å². The van der Waals surface area contributed by atoms with Gasteiger partial charge < -0.3 is 14.6 Å². The monoisotopic (exact) mass is 414 g/mol. The molecule has 3 nitrogen and oxygen atoms in total. The van der Waals surface area contributed by atoms with Crippen molar-refractivity contribution in [2.45, 2.75) is 13.5 Å². The van der Waals surface area contributed by atoms with Crippen LogP contribution >= 0.6 is 0 Å². The van der Waals surface area contributed by atoms with Crippen molar-refractivity contribution < 1.29 is 19.0 Å². The zero-order valence-corrected chi connectivity index (χ0v) is 17.4. The molecule has 0 aromatic heterocycles. The summed E-state index contributed by atoms with van der Waals surface area (Å²) in [5.74, 6) is 0.654. The maximum absolute atomic E-state index is 14.8. The van der Waals surface area contributed by atoms with Gasteiger partial charge in [0, 0.05) is 5.56 Å². The van der Waals surface area contributed by atoms with Crippen LogP contribution < -0.4 is 9.47 Å². The minimum Gasteiger partial charge on any atom is -0.508 e. The largest absolute Gasteiger partial charge is 0.508 e. The lowest BCUT2D eigenvalue weighted by molar-refractivity contribution is 0.290. The molecule has 0 atom stereocenters. The van der Waals surface area contributed by atoms with E-state index in [0.717, 1.165) is 27.8 Å². The molecule has 4 heteroatoms. The molecule has 0 saturated heterocycles. The molecule has 0 spiro atoms. The lowest BCUT2D eigenvalue weighted by Gasteiger charge is -2.15. The van der Waals surface area contributed by atoms with E-state index >= 15 is 0 Å². The SMILES string of the molecule is COc1cc(-c2ccc(O)cc2)c(C)cc1-c1ccc(OCc2ccccc2)c(F)c1. The highest BCUT2D eigenvalue weighted by atomic mass is 19.1. The Balaban J connectivity index is 1.63. The average Bonchev–Trinajstić information content (AvgIpc) is 2.79. The average molecular weight is 414 g/mol. The van der Waals surface area contributed by atoms with Gasteiger partial charge in [-0.05, 0) is 71.1 Å². The summed E-state index contributed by atoms with van der Waals surface area (Å²) in [5, 5.41) is 9.55. The number of methoxy groups -OCH3 is 1. The highest BCUT2D eigenvalue weighted by Gasteiger charge is 2.14. The third kappa shape index (κ3) is 4.53. The molecule has 0 bridgehead atoms. The van der Waals surface area contributed by atoms with Crippen molar-refractivity contribution in [3.63, 3.8) is 0 Å². The van der Waals surface area contributed by atoms with Crippen molar-refractivity contribution in [1.29, 1.82) is 0 Å². The smallest absolute Gasteiger partial charge is 0.165 e. The van der Waals surface area contributed by atoms with Crippen molar-refractivity contribution in [3.05, 3.63) is 102 Å². The number of rotatable bonds is 6. The van der Waals surface area contributed by atoms with Gasteiger partial charge in [0.1, 0.15) is 18.1 Å². The molecule has 31 heavy (non-hydrogen) atoms. The van der Waals surface area contributed by atoms with Gasteiger partial charge >= 0.3 is 0 Å². The minimum absolute atomic E-state index is 0.212. The maximum Gasteiger partial charge on any atom is 0.165 e. The predicted molar refractivity (Wildman–Crippen MR) is 121 cm³/mol. The van der Waals surface area contributed by atoms with E-state index in [1.165, 1.54) is 6.07 Å². The van der Waals surface area contributed by atoms with E-state index in [1.807, 2.05) is 67.6 Å². The summed E-state index contributed by atoms with van der Waals surface area (Å²) in [6.07, 6.45) is 0. The summed E-state index contributed by atoms with van der Waals surface area (Å²) in [6, 6.07) is 25.6. The molecular weight excluding hydrogens is 391 g/mol. The molecule has 4 aromatic rings. The second-order valence-corrected chi connectivity index (χ2v) is 7.33. The third-order valence-corrected chi connectivity index (χ3v) is 5.20. The van der Waals surface area contributed by atoms with Crippen molar-refractivity contribution in [2.75, 3.05) is 7.11 Å². The molecule has 4 aromatic carbocycles. The molecule has 0 fully saturated rings. The topological polar surface area (TPSA) is 38.7 Å². The predicted octanol–water partition coefficient (Wildman–Crippen LogP) is 6.76. The Morgan fingerprint density at radius 2 is 1.48 bits per heavy atom. The molecule has 0 aliphatic rings. The van der Waals surface area contributed by atoms with E-state index in [-0.39, 0.29) is 11.5 Å². The maximum atomic E-state index is 14.8. The number of ether oxygens (including phenoxy) is 2. The summed E-state index contributed by atoms with van der Waals surface area (Å²) in [6.45, 7) is 2.31. The zero-order chi connectivity index (χ0) is 21.8. The van der Waals surface area contributed by atoms with Crippen molar-refractivity contribution >= 4 is 0 Å². The van der Waals surface area contributed by atoms with Gasteiger partial charge in [0.05, 0.1) is 7.11 Å². The van der Waals surface area contributed by atoms with Crippen LogP contribution in [-0.2, 0) is 6.61 Å². The van der Waals surface area contributed by atoms with Crippen LogP contribution in [0.3, 0.4) is 0 Å². The van der Waals surface area contributed by atoms with Crippen LogP contribution in [0.5, 0.6) is 17.2 Å². The summed E-state index contributed by atoms with van der Waals surface area (Å²) >= 11 is 0. The van der Waals surface area contributed by atoms with E-state index in [1.54, 1.807) is 25.3 Å². The summed E-state index contributed by atoms with van der Waals surface area (Å²) in [7, 11) is 1.60. The number of hydrogen-bond donors (Lipinski definition) is 1. The number of benzene rings is 4. The zero-order valence-electron chi connectivity index (χ0n) is 17.4. The third-order valence-electron chi connectivity index (χ3n) is 5.20. The lowest BCUT2D eigenvalue weighted by Crippen LogP contribution is -1.98. The van der Waals surface area contributed by atoms with Gasteiger partial charge in [-0.25, -0.2) is 4.39 Å². The summed E-state index contributed by atoms with van der Waals surface area (Å²) in [5.41, 5.74) is 5.47. The molecular formula is C27H23FO3. The van der Waals surface area contributed by atoms with Crippen LogP contribution in [0.25, 0.3) is 22.3 Å². The number of aryl methyl sites for hydroxylation is 1. The van der Waals surface area contributed by atoms with Crippen LogP contribution in [0, 0.1) is 12.7 Å². The first-order valence-electron chi connectivity index (χ1n) is 10.00. The van der Waals surface area contributed by atoms with Gasteiger partial charge in [0.15, 0.2) is 11.6 Å². The number of halogens is 1. The van der Waals surface area contributed by atoms with Crippen LogP contribution in [-0.4, -0.2) is 12.2 Å². The van der Waals surface area contributed by atoms with Gasteiger partial charge in [-0.15, -0.1) is 0 Å². The highest BCUT2D eigenvalue weighted by Crippen LogP contribution is 2.38. The molecule has 0 radical (unpaired) electrons. The molecule has 156 valence electrons. The van der Waals surface area contributed by atoms with Crippen LogP contribution in [0.4, 0.5) is 4.39 Å². The number of hydrogen-bond acceptors (Lipinski definition) is 3. The number of phenolic OH excluding ortho intramolecular Hbond substituents is 1. The fourth-order valence-electron chi connectivity index (χ4n) is 3.56. The fraction of sp³-hybridized carbons (Fsp3) is 0.111. The van der Waals surface area contributed by atoms with Crippen LogP contribution in [0.1, 0.15) is 11.1 Å². The second-order valence-electron chi connectivity index (χ2n) is 7.33. The van der Waals surface area contributed by atoms with E-state index in [9.17, 15) is 9.50 Å². The molecule has 0 amide bonds. The van der Waals surface area contributed by atoms with Crippen LogP contribution in [0.15, 0.2) is 84.9 Å². The second kappa shape index (κ2) is 8.92. The first-order chi connectivity index (χ1) is 15.0. The molecule has 0 saturated carbocycles. The Morgan fingerprint density at radius 3 is 2.16 bits per heavy atom. The van der Waals surface area contributed by atoms with Gasteiger partial charge in [-0.1, -0.05) is 48.5 Å². The van der Waals surface area contributed by atoms with Gasteiger partial charge in [0.25, 0.3) is 0 Å². The molecule has 0 aliphatic heterocycles. The molecule has 1 N–H and O–H groups in total. The first kappa shape index (κ1) is 20.5. The Labute approximate surface area is 181 Å². The lowest BCUT2D eigenvalue weighted by atomic mass is 9.94. The highest BCUT2D eigenvalue weighted by molar-refractivity contribution is 5.79. The van der Waals surface area contributed by atoms with Crippen molar-refractivity contribution in [1.82, 2.24) is 0 Å². The van der Waals surface area contributed by atoms with Gasteiger partial charge in [-0.3, -0.25) is 0 Å². The minimum atomic E-state index is -0.421. The molecule has 0 aliphatic carbocycles. The standard InChI is InChI=1S/C27H23FO3/c1-18-14-24(27(30-2)16-23(18)20-8-11-22(29)12-9-20)21-10-13-26(25(28)15-21)31-17-19-6-4-3-5-7-19/h3-16,29H,17H2,1-2H3. The number of aromatic hydroxyl groups is 1. The first-order valence-corrected chi connectivity index (χ1v) is 10.00. The van der Waals surface area contributed by atoms with Crippen LogP contribution in [0.2, 0.25) is 0 Å². The van der Waals surface area contributed by atoms with Gasteiger partial charge in [-0.2, -0.15) is 0 Å². The van der Waals surface area contributed by atoms with E-state index in [0.29, 0.717) is 17.9 Å². The normalized spacial score (nSPS) is 10.7. The van der Waals surface area contributed by atoms with Gasteiger partial charge in [0.2, 0.25) is 0 Å². The number of phenols is 1. The molecule has 0 unspecified atom stereocenters. The Bertz CT molecular complexity index is 1190. The summed E-state index contributed by atoms with van der Waals surface area (Å²) in [4.78, 5) is 0. The Kier molecular flexibility index (Phi) is 5.89. The molecule has 4 rings (SSSR count). The fourth-order valence-corrected chi connectivity index (χ4v) is 3.56. The quantitative estimate of drug-likeness (QED) is 0.379.